The average Bonchev–Trinajstić information content (AvgIpc) is 2.58. The molecule has 2 saturated heterocycles. The van der Waals surface area contributed by atoms with Gasteiger partial charge in [0, 0.05) is 25.0 Å². The monoisotopic (exact) mass is 224 g/mol. The number of nitrogens with zero attached hydrogens (tertiary/aromatic N) is 1. The van der Waals surface area contributed by atoms with Gasteiger partial charge in [-0.05, 0) is 38.1 Å². The van der Waals surface area contributed by atoms with Crippen LogP contribution >= 0.6 is 0 Å². The van der Waals surface area contributed by atoms with E-state index in [9.17, 15) is 4.79 Å². The van der Waals surface area contributed by atoms with Gasteiger partial charge in [-0.1, -0.05) is 13.8 Å². The van der Waals surface area contributed by atoms with Gasteiger partial charge in [0.25, 0.3) is 0 Å². The van der Waals surface area contributed by atoms with Gasteiger partial charge in [-0.15, -0.1) is 0 Å². The Hall–Kier alpha value is -0.570. The van der Waals surface area contributed by atoms with E-state index >= 15 is 0 Å². The number of carbonyl (C=O) groups is 1. The van der Waals surface area contributed by atoms with Crippen LogP contribution in [0.25, 0.3) is 0 Å². The number of nitrogens with one attached hydrogen (secondary N) is 1. The SMILES string of the molecule is CC1CC(C(=O)N2CC(C)C(C)C2)CCN1. The quantitative estimate of drug-likeness (QED) is 0.732. The molecule has 1 N–H and O–H groups in total. The first-order valence-electron chi connectivity index (χ1n) is 6.60. The largest absolute Gasteiger partial charge is 0.342 e. The standard InChI is InChI=1S/C13H24N2O/c1-9-7-15(8-10(9)2)13(16)12-4-5-14-11(3)6-12/h9-12,14H,4-8H2,1-3H3. The summed E-state index contributed by atoms with van der Waals surface area (Å²) in [6.45, 7) is 9.62. The van der Waals surface area contributed by atoms with E-state index in [4.69, 9.17) is 0 Å². The first kappa shape index (κ1) is 11.9. The van der Waals surface area contributed by atoms with E-state index in [1.807, 2.05) is 0 Å². The molecule has 0 bridgehead atoms. The highest BCUT2D eigenvalue weighted by Crippen LogP contribution is 2.26. The van der Waals surface area contributed by atoms with Crippen LogP contribution in [0, 0.1) is 17.8 Å². The molecule has 0 aromatic carbocycles. The van der Waals surface area contributed by atoms with E-state index in [0.717, 1.165) is 32.5 Å². The van der Waals surface area contributed by atoms with E-state index in [-0.39, 0.29) is 5.92 Å². The first-order chi connectivity index (χ1) is 7.58. The predicted molar refractivity (Wildman–Crippen MR) is 65.1 cm³/mol. The molecule has 16 heavy (non-hydrogen) atoms. The van der Waals surface area contributed by atoms with Gasteiger partial charge in [0.2, 0.25) is 5.91 Å². The molecular weight excluding hydrogens is 200 g/mol. The summed E-state index contributed by atoms with van der Waals surface area (Å²) in [6.07, 6.45) is 2.03. The topological polar surface area (TPSA) is 32.3 Å². The smallest absolute Gasteiger partial charge is 0.225 e. The van der Waals surface area contributed by atoms with E-state index in [1.165, 1.54) is 0 Å². The molecule has 0 aromatic heterocycles. The van der Waals surface area contributed by atoms with E-state index in [0.29, 0.717) is 23.8 Å². The zero-order valence-electron chi connectivity index (χ0n) is 10.7. The molecule has 4 unspecified atom stereocenters. The molecule has 2 aliphatic heterocycles. The maximum atomic E-state index is 12.3. The van der Waals surface area contributed by atoms with Crippen LogP contribution in [0.1, 0.15) is 33.6 Å². The molecule has 2 fully saturated rings. The van der Waals surface area contributed by atoms with Gasteiger partial charge in [-0.25, -0.2) is 0 Å². The number of rotatable bonds is 1. The van der Waals surface area contributed by atoms with Crippen molar-refractivity contribution in [3.8, 4) is 0 Å². The van der Waals surface area contributed by atoms with Gasteiger partial charge in [-0.2, -0.15) is 0 Å². The average molecular weight is 224 g/mol. The summed E-state index contributed by atoms with van der Waals surface area (Å²) < 4.78 is 0. The summed E-state index contributed by atoms with van der Waals surface area (Å²) in [6, 6.07) is 0.500. The second kappa shape index (κ2) is 4.74. The minimum atomic E-state index is 0.272. The van der Waals surface area contributed by atoms with Crippen molar-refractivity contribution >= 4 is 5.91 Å². The van der Waals surface area contributed by atoms with Crippen LogP contribution in [0.2, 0.25) is 0 Å². The van der Waals surface area contributed by atoms with Crippen molar-refractivity contribution in [3.05, 3.63) is 0 Å². The lowest BCUT2D eigenvalue weighted by atomic mass is 9.92. The number of hydrogen-bond donors (Lipinski definition) is 1. The molecule has 0 aliphatic carbocycles. The third-order valence-electron chi connectivity index (χ3n) is 4.27. The van der Waals surface area contributed by atoms with Crippen molar-refractivity contribution in [2.45, 2.75) is 39.7 Å². The molecule has 3 nitrogen and oxygen atoms in total. The van der Waals surface area contributed by atoms with Crippen molar-refractivity contribution in [1.82, 2.24) is 10.2 Å². The number of likely N-dealkylation sites (tertiary alicyclic amines) is 1. The van der Waals surface area contributed by atoms with Gasteiger partial charge >= 0.3 is 0 Å². The maximum absolute atomic E-state index is 12.3. The number of amides is 1. The lowest BCUT2D eigenvalue weighted by Gasteiger charge is -2.30. The van der Waals surface area contributed by atoms with Crippen molar-refractivity contribution in [3.63, 3.8) is 0 Å². The van der Waals surface area contributed by atoms with E-state index < -0.39 is 0 Å². The Labute approximate surface area is 98.6 Å². The molecule has 0 aromatic rings. The number of piperidine rings is 1. The molecule has 2 heterocycles. The highest BCUT2D eigenvalue weighted by Gasteiger charge is 2.34. The molecule has 4 atom stereocenters. The van der Waals surface area contributed by atoms with Crippen LogP contribution in [0.4, 0.5) is 0 Å². The summed E-state index contributed by atoms with van der Waals surface area (Å²) >= 11 is 0. The Bertz CT molecular complexity index is 250. The van der Waals surface area contributed by atoms with Crippen molar-refractivity contribution in [1.29, 1.82) is 0 Å². The molecule has 92 valence electrons. The molecule has 0 radical (unpaired) electrons. The van der Waals surface area contributed by atoms with Gasteiger partial charge in [-0.3, -0.25) is 4.79 Å². The fraction of sp³-hybridized carbons (Fsp3) is 0.923. The summed E-state index contributed by atoms with van der Waals surface area (Å²) in [5.74, 6) is 2.02. The Morgan fingerprint density at radius 1 is 1.19 bits per heavy atom. The first-order valence-corrected chi connectivity index (χ1v) is 6.60. The second-order valence-corrected chi connectivity index (χ2v) is 5.77. The van der Waals surface area contributed by atoms with E-state index in [1.54, 1.807) is 0 Å². The fourth-order valence-electron chi connectivity index (χ4n) is 2.92. The Morgan fingerprint density at radius 3 is 2.38 bits per heavy atom. The van der Waals surface area contributed by atoms with Gasteiger partial charge < -0.3 is 10.2 Å². The van der Waals surface area contributed by atoms with Crippen LogP contribution in [0.5, 0.6) is 0 Å². The third kappa shape index (κ3) is 2.40. The molecule has 1 amide bonds. The highest BCUT2D eigenvalue weighted by molar-refractivity contribution is 5.79. The Balaban J connectivity index is 1.92. The number of hydrogen-bond acceptors (Lipinski definition) is 2. The normalized spacial score (nSPS) is 40.1. The van der Waals surface area contributed by atoms with Gasteiger partial charge in [0.05, 0.1) is 0 Å². The molecule has 0 saturated carbocycles. The predicted octanol–water partition coefficient (Wildman–Crippen LogP) is 1.49. The van der Waals surface area contributed by atoms with Crippen LogP contribution in [0.15, 0.2) is 0 Å². The minimum absolute atomic E-state index is 0.272. The molecule has 2 aliphatic rings. The summed E-state index contributed by atoms with van der Waals surface area (Å²) in [5.41, 5.74) is 0. The third-order valence-corrected chi connectivity index (χ3v) is 4.27. The summed E-state index contributed by atoms with van der Waals surface area (Å²) in [5, 5.41) is 3.40. The van der Waals surface area contributed by atoms with E-state index in [2.05, 4.69) is 31.0 Å². The minimum Gasteiger partial charge on any atom is -0.342 e. The van der Waals surface area contributed by atoms with Crippen LogP contribution in [-0.2, 0) is 4.79 Å². The summed E-state index contributed by atoms with van der Waals surface area (Å²) in [7, 11) is 0. The molecule has 2 rings (SSSR count). The van der Waals surface area contributed by atoms with Crippen LogP contribution < -0.4 is 5.32 Å². The maximum Gasteiger partial charge on any atom is 0.225 e. The van der Waals surface area contributed by atoms with Crippen LogP contribution in [-0.4, -0.2) is 36.5 Å². The second-order valence-electron chi connectivity index (χ2n) is 5.77. The van der Waals surface area contributed by atoms with Crippen LogP contribution in [0.3, 0.4) is 0 Å². The summed E-state index contributed by atoms with van der Waals surface area (Å²) in [4.78, 5) is 14.4. The zero-order valence-corrected chi connectivity index (χ0v) is 10.7. The van der Waals surface area contributed by atoms with Crippen molar-refractivity contribution < 1.29 is 4.79 Å². The Kier molecular flexibility index (Phi) is 3.53. The highest BCUT2D eigenvalue weighted by atomic mass is 16.2. The lowest BCUT2D eigenvalue weighted by molar-refractivity contribution is -0.135. The van der Waals surface area contributed by atoms with Gasteiger partial charge in [0.15, 0.2) is 0 Å². The molecule has 0 spiro atoms. The van der Waals surface area contributed by atoms with Crippen molar-refractivity contribution in [2.75, 3.05) is 19.6 Å². The molecule has 3 heteroatoms. The molecular formula is C13H24N2O. The zero-order chi connectivity index (χ0) is 11.7. The fourth-order valence-corrected chi connectivity index (χ4v) is 2.92. The Morgan fingerprint density at radius 2 is 1.81 bits per heavy atom. The van der Waals surface area contributed by atoms with Gasteiger partial charge in [0.1, 0.15) is 0 Å². The number of carbonyl (C=O) groups excluding carboxylic acids is 1. The lowest BCUT2D eigenvalue weighted by Crippen LogP contribution is -2.43. The van der Waals surface area contributed by atoms with Crippen molar-refractivity contribution in [2.24, 2.45) is 17.8 Å².